The third-order valence-electron chi connectivity index (χ3n) is 3.37. The topological polar surface area (TPSA) is 69.2 Å². The fourth-order valence-corrected chi connectivity index (χ4v) is 4.73. The standard InChI is InChI=1S/C16H16N2O3S3/c1-16(2,3)11-4-6-12(7-5-11)21-24(19,20)15-9-8-14(23-15)13-10-22-18-17-13/h4-10H,1-3H3. The van der Waals surface area contributed by atoms with Gasteiger partial charge in [-0.1, -0.05) is 37.4 Å². The van der Waals surface area contributed by atoms with Crippen LogP contribution in [0.3, 0.4) is 0 Å². The molecule has 3 rings (SSSR count). The second-order valence-electron chi connectivity index (χ2n) is 6.22. The quantitative estimate of drug-likeness (QED) is 0.630. The average Bonchev–Trinajstić information content (AvgIpc) is 3.18. The lowest BCUT2D eigenvalue weighted by molar-refractivity contribution is 0.488. The molecular formula is C16H16N2O3S3. The molecule has 5 nitrogen and oxygen atoms in total. The van der Waals surface area contributed by atoms with Gasteiger partial charge in [0.05, 0.1) is 4.88 Å². The Hall–Kier alpha value is -1.77. The van der Waals surface area contributed by atoms with Crippen LogP contribution >= 0.6 is 22.9 Å². The Morgan fingerprint density at radius 2 is 1.75 bits per heavy atom. The van der Waals surface area contributed by atoms with E-state index in [0.717, 1.165) is 21.8 Å². The minimum Gasteiger partial charge on any atom is -0.378 e. The van der Waals surface area contributed by atoms with E-state index < -0.39 is 10.1 Å². The maximum Gasteiger partial charge on any atom is 0.348 e. The van der Waals surface area contributed by atoms with Crippen LogP contribution in [0.5, 0.6) is 5.75 Å². The summed E-state index contributed by atoms with van der Waals surface area (Å²) >= 11 is 2.34. The fraction of sp³-hybridized carbons (Fsp3) is 0.250. The summed E-state index contributed by atoms with van der Waals surface area (Å²) in [6, 6.07) is 10.4. The van der Waals surface area contributed by atoms with Gasteiger partial charge in [0, 0.05) is 5.38 Å². The van der Waals surface area contributed by atoms with Crippen LogP contribution in [0.1, 0.15) is 26.3 Å². The van der Waals surface area contributed by atoms with Crippen LogP contribution in [-0.4, -0.2) is 18.0 Å². The lowest BCUT2D eigenvalue weighted by Crippen LogP contribution is -2.11. The highest BCUT2D eigenvalue weighted by atomic mass is 32.3. The Bertz CT molecular complexity index is 922. The lowest BCUT2D eigenvalue weighted by atomic mass is 9.87. The molecule has 0 radical (unpaired) electrons. The summed E-state index contributed by atoms with van der Waals surface area (Å²) in [6.45, 7) is 6.29. The van der Waals surface area contributed by atoms with Crippen LogP contribution in [0.15, 0.2) is 46.0 Å². The van der Waals surface area contributed by atoms with E-state index in [9.17, 15) is 8.42 Å². The summed E-state index contributed by atoms with van der Waals surface area (Å²) in [4.78, 5) is 0.744. The van der Waals surface area contributed by atoms with E-state index >= 15 is 0 Å². The van der Waals surface area contributed by atoms with Crippen LogP contribution < -0.4 is 4.18 Å². The monoisotopic (exact) mass is 380 g/mol. The lowest BCUT2D eigenvalue weighted by Gasteiger charge is -2.19. The zero-order chi connectivity index (χ0) is 17.4. The Kier molecular flexibility index (Phi) is 4.46. The van der Waals surface area contributed by atoms with Crippen molar-refractivity contribution in [2.24, 2.45) is 0 Å². The van der Waals surface area contributed by atoms with Gasteiger partial charge in [0.25, 0.3) is 0 Å². The molecule has 126 valence electrons. The first-order valence-electron chi connectivity index (χ1n) is 7.18. The van der Waals surface area contributed by atoms with Crippen LogP contribution in [0.4, 0.5) is 0 Å². The fourth-order valence-electron chi connectivity index (χ4n) is 2.04. The van der Waals surface area contributed by atoms with Gasteiger partial charge in [-0.3, -0.25) is 0 Å². The van der Waals surface area contributed by atoms with E-state index in [0.29, 0.717) is 11.4 Å². The Morgan fingerprint density at radius 3 is 2.33 bits per heavy atom. The summed E-state index contributed by atoms with van der Waals surface area (Å²) in [5.74, 6) is 0.299. The molecule has 0 N–H and O–H groups in total. The number of aromatic nitrogens is 2. The predicted octanol–water partition coefficient (Wildman–Crippen LogP) is 4.33. The van der Waals surface area contributed by atoms with E-state index in [4.69, 9.17) is 4.18 Å². The maximum absolute atomic E-state index is 12.4. The van der Waals surface area contributed by atoms with E-state index in [1.807, 2.05) is 12.1 Å². The first kappa shape index (κ1) is 17.1. The van der Waals surface area contributed by atoms with Crippen molar-refractivity contribution in [3.63, 3.8) is 0 Å². The van der Waals surface area contributed by atoms with Gasteiger partial charge in [-0.05, 0) is 46.8 Å². The summed E-state index contributed by atoms with van der Waals surface area (Å²) in [5.41, 5.74) is 1.78. The molecule has 0 fully saturated rings. The van der Waals surface area contributed by atoms with Crippen LogP contribution in [0, 0.1) is 0 Å². The normalized spacial score (nSPS) is 12.3. The van der Waals surface area contributed by atoms with E-state index in [1.165, 1.54) is 17.6 Å². The van der Waals surface area contributed by atoms with Gasteiger partial charge >= 0.3 is 10.1 Å². The number of benzene rings is 1. The van der Waals surface area contributed by atoms with Crippen molar-refractivity contribution in [3.8, 4) is 16.3 Å². The molecule has 0 saturated carbocycles. The van der Waals surface area contributed by atoms with Crippen molar-refractivity contribution in [1.82, 2.24) is 9.59 Å². The van der Waals surface area contributed by atoms with Crippen molar-refractivity contribution in [1.29, 1.82) is 0 Å². The minimum absolute atomic E-state index is 0.00162. The molecule has 3 aromatic rings. The molecule has 1 aromatic carbocycles. The van der Waals surface area contributed by atoms with Gasteiger partial charge in [0.2, 0.25) is 0 Å². The second kappa shape index (κ2) is 6.27. The van der Waals surface area contributed by atoms with Crippen molar-refractivity contribution < 1.29 is 12.6 Å². The van der Waals surface area contributed by atoms with Crippen LogP contribution in [0.2, 0.25) is 0 Å². The van der Waals surface area contributed by atoms with Crippen molar-refractivity contribution in [2.45, 2.75) is 30.4 Å². The summed E-state index contributed by atoms with van der Waals surface area (Å²) < 4.78 is 34.0. The van der Waals surface area contributed by atoms with E-state index in [1.54, 1.807) is 23.6 Å². The highest BCUT2D eigenvalue weighted by Gasteiger charge is 2.21. The molecule has 0 aliphatic heterocycles. The van der Waals surface area contributed by atoms with Crippen molar-refractivity contribution >= 4 is 33.0 Å². The van der Waals surface area contributed by atoms with Gasteiger partial charge in [0.15, 0.2) is 4.21 Å². The van der Waals surface area contributed by atoms with Crippen molar-refractivity contribution in [3.05, 3.63) is 47.3 Å². The molecule has 2 heterocycles. The SMILES string of the molecule is CC(C)(C)c1ccc(OS(=O)(=O)c2ccc(-c3csnn3)s2)cc1. The molecule has 0 amide bonds. The minimum atomic E-state index is -3.86. The predicted molar refractivity (Wildman–Crippen MR) is 96.2 cm³/mol. The summed E-state index contributed by atoms with van der Waals surface area (Å²) in [6.07, 6.45) is 0. The highest BCUT2D eigenvalue weighted by molar-refractivity contribution is 7.89. The Morgan fingerprint density at radius 1 is 1.04 bits per heavy atom. The molecule has 0 unspecified atom stereocenters. The van der Waals surface area contributed by atoms with Gasteiger partial charge in [-0.2, -0.15) is 8.42 Å². The molecule has 8 heteroatoms. The smallest absolute Gasteiger partial charge is 0.348 e. The van der Waals surface area contributed by atoms with Crippen molar-refractivity contribution in [2.75, 3.05) is 0 Å². The Labute approximate surface area is 149 Å². The third-order valence-corrected chi connectivity index (χ3v) is 6.68. The molecule has 24 heavy (non-hydrogen) atoms. The molecule has 0 saturated heterocycles. The Balaban J connectivity index is 1.81. The number of hydrogen-bond acceptors (Lipinski definition) is 7. The second-order valence-corrected chi connectivity index (χ2v) is 9.69. The molecular weight excluding hydrogens is 364 g/mol. The third kappa shape index (κ3) is 3.66. The number of thiophene rings is 1. The number of hydrogen-bond donors (Lipinski definition) is 0. The van der Waals surface area contributed by atoms with Gasteiger partial charge in [-0.15, -0.1) is 16.4 Å². The maximum atomic E-state index is 12.4. The average molecular weight is 381 g/mol. The summed E-state index contributed by atoms with van der Waals surface area (Å²) in [7, 11) is -3.86. The van der Waals surface area contributed by atoms with Gasteiger partial charge in [0.1, 0.15) is 11.4 Å². The van der Waals surface area contributed by atoms with E-state index in [-0.39, 0.29) is 9.62 Å². The molecule has 0 aliphatic carbocycles. The zero-order valence-electron chi connectivity index (χ0n) is 13.4. The largest absolute Gasteiger partial charge is 0.378 e. The first-order valence-corrected chi connectivity index (χ1v) is 10.2. The molecule has 0 bridgehead atoms. The first-order chi connectivity index (χ1) is 11.3. The van der Waals surface area contributed by atoms with Crippen LogP contribution in [-0.2, 0) is 15.5 Å². The summed E-state index contributed by atoms with van der Waals surface area (Å²) in [5, 5.41) is 5.71. The van der Waals surface area contributed by atoms with E-state index in [2.05, 4.69) is 30.4 Å². The van der Waals surface area contributed by atoms with Crippen LogP contribution in [0.25, 0.3) is 10.6 Å². The number of nitrogens with zero attached hydrogens (tertiary/aromatic N) is 2. The molecule has 0 aliphatic rings. The van der Waals surface area contributed by atoms with Gasteiger partial charge < -0.3 is 4.18 Å². The molecule has 0 atom stereocenters. The number of rotatable bonds is 4. The zero-order valence-corrected chi connectivity index (χ0v) is 15.8. The van der Waals surface area contributed by atoms with Gasteiger partial charge in [-0.25, -0.2) is 0 Å². The molecule has 0 spiro atoms. The highest BCUT2D eigenvalue weighted by Crippen LogP contribution is 2.32. The molecule has 2 aromatic heterocycles.